The van der Waals surface area contributed by atoms with Crippen molar-refractivity contribution in [3.63, 3.8) is 0 Å². The molecule has 1 aromatic rings. The highest BCUT2D eigenvalue weighted by atomic mass is 16.7. The van der Waals surface area contributed by atoms with Gasteiger partial charge in [0.25, 0.3) is 0 Å². The second kappa shape index (κ2) is 7.72. The Balaban J connectivity index is 2.04. The van der Waals surface area contributed by atoms with Crippen LogP contribution >= 0.6 is 0 Å². The first-order valence-corrected chi connectivity index (χ1v) is 7.79. The predicted octanol–water partition coefficient (Wildman–Crippen LogP) is 1.84. The molecule has 1 aliphatic heterocycles. The summed E-state index contributed by atoms with van der Waals surface area (Å²) in [5.41, 5.74) is 1.04. The van der Waals surface area contributed by atoms with Crippen molar-refractivity contribution in [2.24, 2.45) is 5.92 Å². The molecule has 122 valence electrons. The van der Waals surface area contributed by atoms with Gasteiger partial charge in [0.05, 0.1) is 24.9 Å². The average molecular weight is 307 g/mol. The van der Waals surface area contributed by atoms with Gasteiger partial charge in [0.15, 0.2) is 6.29 Å². The van der Waals surface area contributed by atoms with Gasteiger partial charge in [-0.1, -0.05) is 44.2 Å². The van der Waals surface area contributed by atoms with E-state index in [0.29, 0.717) is 13.0 Å². The number of carbonyl (C=O) groups is 1. The summed E-state index contributed by atoms with van der Waals surface area (Å²) >= 11 is 0. The van der Waals surface area contributed by atoms with Crippen molar-refractivity contribution in [2.75, 3.05) is 0 Å². The van der Waals surface area contributed by atoms with Crippen molar-refractivity contribution in [3.8, 4) is 0 Å². The summed E-state index contributed by atoms with van der Waals surface area (Å²) in [6.45, 7) is 5.76. The predicted molar refractivity (Wildman–Crippen MR) is 83.0 cm³/mol. The van der Waals surface area contributed by atoms with Gasteiger partial charge in [0.2, 0.25) is 5.91 Å². The third kappa shape index (κ3) is 4.06. The van der Waals surface area contributed by atoms with Crippen molar-refractivity contribution in [2.45, 2.75) is 58.3 Å². The van der Waals surface area contributed by atoms with Crippen LogP contribution in [-0.4, -0.2) is 35.6 Å². The number of amides is 1. The van der Waals surface area contributed by atoms with Gasteiger partial charge in [-0.25, -0.2) is 0 Å². The number of aliphatic hydroxyl groups excluding tert-OH is 1. The quantitative estimate of drug-likeness (QED) is 0.841. The fourth-order valence-corrected chi connectivity index (χ4v) is 2.82. The van der Waals surface area contributed by atoms with E-state index in [1.807, 2.05) is 44.2 Å². The number of benzene rings is 1. The van der Waals surface area contributed by atoms with Gasteiger partial charge in [-0.05, 0) is 12.0 Å². The molecule has 2 rings (SSSR count). The van der Waals surface area contributed by atoms with E-state index in [0.717, 1.165) is 5.56 Å². The second-order valence-corrected chi connectivity index (χ2v) is 5.83. The number of carbonyl (C=O) groups excluding carboxylic acids is 1. The average Bonchev–Trinajstić information content (AvgIpc) is 2.82. The van der Waals surface area contributed by atoms with Crippen LogP contribution in [0.2, 0.25) is 0 Å². The van der Waals surface area contributed by atoms with Gasteiger partial charge in [0, 0.05) is 12.8 Å². The Morgan fingerprint density at radius 2 is 2.09 bits per heavy atom. The first kappa shape index (κ1) is 16.9. The monoisotopic (exact) mass is 307 g/mol. The molecule has 0 aliphatic carbocycles. The molecular formula is C17H25NO4. The molecule has 22 heavy (non-hydrogen) atoms. The van der Waals surface area contributed by atoms with Crippen LogP contribution in [-0.2, 0) is 20.9 Å². The molecule has 1 aliphatic rings. The molecule has 1 saturated heterocycles. The number of hydrogen-bond acceptors (Lipinski definition) is 4. The van der Waals surface area contributed by atoms with E-state index in [2.05, 4.69) is 5.32 Å². The van der Waals surface area contributed by atoms with Crippen LogP contribution in [0.15, 0.2) is 30.3 Å². The highest BCUT2D eigenvalue weighted by Crippen LogP contribution is 2.31. The van der Waals surface area contributed by atoms with Crippen LogP contribution in [0.4, 0.5) is 0 Å². The molecule has 1 aromatic carbocycles. The number of aliphatic hydroxyl groups is 1. The molecule has 5 heteroatoms. The van der Waals surface area contributed by atoms with Crippen molar-refractivity contribution in [3.05, 3.63) is 35.9 Å². The summed E-state index contributed by atoms with van der Waals surface area (Å²) in [5.74, 6) is -0.139. The van der Waals surface area contributed by atoms with Crippen molar-refractivity contribution in [1.29, 1.82) is 0 Å². The molecule has 0 saturated carbocycles. The highest BCUT2D eigenvalue weighted by Gasteiger charge is 2.45. The van der Waals surface area contributed by atoms with Crippen molar-refractivity contribution >= 4 is 5.91 Å². The topological polar surface area (TPSA) is 67.8 Å². The minimum atomic E-state index is -0.559. The van der Waals surface area contributed by atoms with E-state index in [1.165, 1.54) is 6.92 Å². The number of ether oxygens (including phenoxy) is 2. The molecule has 0 spiro atoms. The standard InChI is InChI=1S/C17H25NO4/c1-4-14(20)16-11(2)15(18-12(3)19)17(22-16)21-10-13-8-6-5-7-9-13/h5-9,11,14-17,20H,4,10H2,1-3H3,(H,18,19)/t11-,14+,15?,16-,17-/m0/s1. The lowest BCUT2D eigenvalue weighted by Crippen LogP contribution is -2.44. The number of rotatable bonds is 6. The van der Waals surface area contributed by atoms with Crippen molar-refractivity contribution in [1.82, 2.24) is 5.32 Å². The van der Waals surface area contributed by atoms with Gasteiger partial charge in [-0.3, -0.25) is 4.79 Å². The molecular weight excluding hydrogens is 282 g/mol. The summed E-state index contributed by atoms with van der Waals surface area (Å²) in [5, 5.41) is 13.0. The van der Waals surface area contributed by atoms with Gasteiger partial charge >= 0.3 is 0 Å². The zero-order valence-corrected chi connectivity index (χ0v) is 13.4. The van der Waals surface area contributed by atoms with Gasteiger partial charge in [-0.15, -0.1) is 0 Å². The minimum Gasteiger partial charge on any atom is -0.390 e. The Bertz CT molecular complexity index is 479. The normalized spacial score (nSPS) is 29.3. The van der Waals surface area contributed by atoms with Crippen LogP contribution in [0.5, 0.6) is 0 Å². The molecule has 2 N–H and O–H groups in total. The van der Waals surface area contributed by atoms with Crippen molar-refractivity contribution < 1.29 is 19.4 Å². The summed E-state index contributed by atoms with van der Waals surface area (Å²) in [4.78, 5) is 11.4. The first-order chi connectivity index (χ1) is 10.5. The fourth-order valence-electron chi connectivity index (χ4n) is 2.82. The maximum absolute atomic E-state index is 11.4. The Morgan fingerprint density at radius 1 is 1.41 bits per heavy atom. The Labute approximate surface area is 131 Å². The third-order valence-electron chi connectivity index (χ3n) is 4.09. The Morgan fingerprint density at radius 3 is 2.68 bits per heavy atom. The van der Waals surface area contributed by atoms with E-state index in [4.69, 9.17) is 9.47 Å². The van der Waals surface area contributed by atoms with E-state index < -0.39 is 12.4 Å². The molecule has 1 unspecified atom stereocenters. The lowest BCUT2D eigenvalue weighted by Gasteiger charge is -2.22. The van der Waals surface area contributed by atoms with Crippen LogP contribution in [0.25, 0.3) is 0 Å². The van der Waals surface area contributed by atoms with E-state index in [1.54, 1.807) is 0 Å². The van der Waals surface area contributed by atoms with Crippen LogP contribution in [0, 0.1) is 5.92 Å². The van der Waals surface area contributed by atoms with Gasteiger partial charge in [0.1, 0.15) is 0 Å². The zero-order chi connectivity index (χ0) is 16.1. The summed E-state index contributed by atoms with van der Waals surface area (Å²) in [7, 11) is 0. The van der Waals surface area contributed by atoms with Crippen LogP contribution < -0.4 is 5.32 Å². The molecule has 0 radical (unpaired) electrons. The number of hydrogen-bond donors (Lipinski definition) is 2. The number of nitrogens with one attached hydrogen (secondary N) is 1. The van der Waals surface area contributed by atoms with Gasteiger partial charge in [-0.2, -0.15) is 0 Å². The first-order valence-electron chi connectivity index (χ1n) is 7.79. The molecule has 1 amide bonds. The van der Waals surface area contributed by atoms with Crippen LogP contribution in [0.1, 0.15) is 32.8 Å². The molecule has 5 nitrogen and oxygen atoms in total. The maximum Gasteiger partial charge on any atom is 0.217 e. The SMILES string of the molecule is CC[C@@H](O)[C@H]1O[C@H](OCc2ccccc2)C(NC(C)=O)[C@@H]1C. The second-order valence-electron chi connectivity index (χ2n) is 5.83. The highest BCUT2D eigenvalue weighted by molar-refractivity contribution is 5.73. The Kier molecular flexibility index (Phi) is 5.94. The summed E-state index contributed by atoms with van der Waals surface area (Å²) in [6, 6.07) is 9.55. The largest absolute Gasteiger partial charge is 0.390 e. The molecule has 5 atom stereocenters. The van der Waals surface area contributed by atoms with Crippen LogP contribution in [0.3, 0.4) is 0 Å². The summed E-state index contributed by atoms with van der Waals surface area (Å²) in [6.07, 6.45) is -0.836. The molecule has 0 aromatic heterocycles. The zero-order valence-electron chi connectivity index (χ0n) is 13.4. The lowest BCUT2D eigenvalue weighted by atomic mass is 9.94. The maximum atomic E-state index is 11.4. The molecule has 1 heterocycles. The van der Waals surface area contributed by atoms with E-state index >= 15 is 0 Å². The Hall–Kier alpha value is -1.43. The van der Waals surface area contributed by atoms with E-state index in [9.17, 15) is 9.90 Å². The lowest BCUT2D eigenvalue weighted by molar-refractivity contribution is -0.168. The molecule has 1 fully saturated rings. The van der Waals surface area contributed by atoms with E-state index in [-0.39, 0.29) is 24.0 Å². The fraction of sp³-hybridized carbons (Fsp3) is 0.588. The van der Waals surface area contributed by atoms with Gasteiger partial charge < -0.3 is 19.9 Å². The summed E-state index contributed by atoms with van der Waals surface area (Å²) < 4.78 is 11.7. The third-order valence-corrected chi connectivity index (χ3v) is 4.09. The minimum absolute atomic E-state index is 0.0142. The smallest absolute Gasteiger partial charge is 0.217 e. The molecule has 0 bridgehead atoms.